The molecular weight excluding hydrogens is 196 g/mol. The summed E-state index contributed by atoms with van der Waals surface area (Å²) in [5.41, 5.74) is 2.09. The van der Waals surface area contributed by atoms with Gasteiger partial charge in [-0.1, -0.05) is 42.0 Å². The second kappa shape index (κ2) is 5.11. The zero-order chi connectivity index (χ0) is 12.2. The van der Waals surface area contributed by atoms with Crippen LogP contribution in [0.15, 0.2) is 36.4 Å². The van der Waals surface area contributed by atoms with Crippen LogP contribution in [0.5, 0.6) is 0 Å². The molecule has 0 bridgehead atoms. The van der Waals surface area contributed by atoms with Crippen LogP contribution in [-0.4, -0.2) is 5.78 Å². The van der Waals surface area contributed by atoms with Gasteiger partial charge >= 0.3 is 0 Å². The van der Waals surface area contributed by atoms with Gasteiger partial charge in [0.05, 0.1) is 0 Å². The van der Waals surface area contributed by atoms with Gasteiger partial charge in [-0.3, -0.25) is 4.79 Å². The van der Waals surface area contributed by atoms with Crippen LogP contribution in [0.3, 0.4) is 0 Å². The third-order valence-corrected chi connectivity index (χ3v) is 3.03. The number of aryl methyl sites for hydroxylation is 1. The molecule has 0 fully saturated rings. The molecule has 86 valence electrons. The molecule has 0 saturated carbocycles. The average Bonchev–Trinajstić information content (AvgIpc) is 2.22. The number of carbonyl (C=O) groups excluding carboxylic acids is 1. The fourth-order valence-electron chi connectivity index (χ4n) is 1.80. The van der Waals surface area contributed by atoms with Crippen molar-refractivity contribution in [2.75, 3.05) is 0 Å². The summed E-state index contributed by atoms with van der Waals surface area (Å²) >= 11 is 0. The monoisotopic (exact) mass is 216 g/mol. The zero-order valence-electron chi connectivity index (χ0n) is 10.6. The van der Waals surface area contributed by atoms with Crippen LogP contribution in [0.2, 0.25) is 0 Å². The van der Waals surface area contributed by atoms with Gasteiger partial charge in [0.15, 0.2) is 0 Å². The molecule has 0 aliphatic rings. The number of ketones is 1. The molecule has 1 heteroatoms. The van der Waals surface area contributed by atoms with Gasteiger partial charge in [-0.2, -0.15) is 0 Å². The summed E-state index contributed by atoms with van der Waals surface area (Å²) in [6.07, 6.45) is 4.72. The zero-order valence-corrected chi connectivity index (χ0v) is 10.6. The predicted molar refractivity (Wildman–Crippen MR) is 68.5 cm³/mol. The number of Topliss-reactive ketones (excluding diaryl/α,β-unsaturated/α-hetero) is 1. The Morgan fingerprint density at radius 3 is 2.31 bits per heavy atom. The molecular formula is C15H20O. The van der Waals surface area contributed by atoms with E-state index in [2.05, 4.69) is 31.2 Å². The van der Waals surface area contributed by atoms with E-state index in [4.69, 9.17) is 0 Å². The smallest absolute Gasteiger partial charge is 0.139 e. The summed E-state index contributed by atoms with van der Waals surface area (Å²) in [6, 6.07) is 8.37. The third kappa shape index (κ3) is 3.06. The van der Waals surface area contributed by atoms with Crippen LogP contribution in [0.25, 0.3) is 0 Å². The largest absolute Gasteiger partial charge is 0.299 e. The van der Waals surface area contributed by atoms with Crippen molar-refractivity contribution >= 4 is 5.78 Å². The topological polar surface area (TPSA) is 17.1 Å². The van der Waals surface area contributed by atoms with Crippen molar-refractivity contribution in [2.24, 2.45) is 5.41 Å². The normalized spacial score (nSPS) is 15.0. The first kappa shape index (κ1) is 12.7. The van der Waals surface area contributed by atoms with E-state index in [0.717, 1.165) is 6.42 Å². The Kier molecular flexibility index (Phi) is 4.05. The van der Waals surface area contributed by atoms with E-state index in [0.29, 0.717) is 0 Å². The Morgan fingerprint density at radius 1 is 1.31 bits per heavy atom. The standard InChI is InChI=1S/C15H20O/c1-5-10-15(4,13(3)16)11-14-8-6-12(2)7-9-14/h5-10H,11H2,1-4H3. The van der Waals surface area contributed by atoms with Crippen molar-refractivity contribution in [1.29, 1.82) is 0 Å². The van der Waals surface area contributed by atoms with Crippen molar-refractivity contribution in [1.82, 2.24) is 0 Å². The molecule has 0 heterocycles. The van der Waals surface area contributed by atoms with E-state index in [9.17, 15) is 4.79 Å². The van der Waals surface area contributed by atoms with Crippen LogP contribution in [0.4, 0.5) is 0 Å². The van der Waals surface area contributed by atoms with E-state index in [1.807, 2.05) is 26.0 Å². The molecule has 1 aromatic rings. The second-order valence-electron chi connectivity index (χ2n) is 4.64. The Hall–Kier alpha value is -1.37. The Morgan fingerprint density at radius 2 is 1.88 bits per heavy atom. The number of hydrogen-bond donors (Lipinski definition) is 0. The van der Waals surface area contributed by atoms with E-state index in [1.165, 1.54) is 11.1 Å². The maximum absolute atomic E-state index is 11.7. The summed E-state index contributed by atoms with van der Waals surface area (Å²) < 4.78 is 0. The van der Waals surface area contributed by atoms with Crippen LogP contribution in [0, 0.1) is 12.3 Å². The van der Waals surface area contributed by atoms with Crippen molar-refractivity contribution < 1.29 is 4.79 Å². The summed E-state index contributed by atoms with van der Waals surface area (Å²) in [6.45, 7) is 7.68. The molecule has 0 amide bonds. The summed E-state index contributed by atoms with van der Waals surface area (Å²) in [5, 5.41) is 0. The second-order valence-corrected chi connectivity index (χ2v) is 4.64. The Balaban J connectivity index is 2.92. The van der Waals surface area contributed by atoms with Crippen LogP contribution in [-0.2, 0) is 11.2 Å². The summed E-state index contributed by atoms with van der Waals surface area (Å²) in [7, 11) is 0. The van der Waals surface area contributed by atoms with Crippen molar-refractivity contribution in [3.05, 3.63) is 47.5 Å². The lowest BCUT2D eigenvalue weighted by atomic mass is 9.80. The molecule has 1 rings (SSSR count). The molecule has 1 nitrogen and oxygen atoms in total. The Bertz CT molecular complexity index is 386. The molecule has 0 radical (unpaired) electrons. The first-order valence-corrected chi connectivity index (χ1v) is 5.68. The molecule has 0 aromatic heterocycles. The van der Waals surface area contributed by atoms with Crippen molar-refractivity contribution in [2.45, 2.75) is 34.1 Å². The van der Waals surface area contributed by atoms with Gasteiger partial charge in [0, 0.05) is 5.41 Å². The molecule has 0 aliphatic heterocycles. The van der Waals surface area contributed by atoms with Crippen molar-refractivity contribution in [3.63, 3.8) is 0 Å². The quantitative estimate of drug-likeness (QED) is 0.701. The highest BCUT2D eigenvalue weighted by molar-refractivity contribution is 5.84. The summed E-state index contributed by atoms with van der Waals surface area (Å²) in [5.74, 6) is 0.214. The Labute approximate surface area is 98.2 Å². The number of allylic oxidation sites excluding steroid dienone is 2. The lowest BCUT2D eigenvalue weighted by Crippen LogP contribution is -2.25. The molecule has 0 aliphatic carbocycles. The van der Waals surface area contributed by atoms with Gasteiger partial charge in [-0.25, -0.2) is 0 Å². The predicted octanol–water partition coefficient (Wildman–Crippen LogP) is 3.71. The number of benzene rings is 1. The SMILES string of the molecule is CC=CC(C)(Cc1ccc(C)cc1)C(C)=O. The maximum atomic E-state index is 11.7. The minimum atomic E-state index is -0.371. The van der Waals surface area contributed by atoms with Gasteiger partial charge in [0.2, 0.25) is 0 Å². The average molecular weight is 216 g/mol. The number of hydrogen-bond acceptors (Lipinski definition) is 1. The van der Waals surface area contributed by atoms with Crippen molar-refractivity contribution in [3.8, 4) is 0 Å². The highest BCUT2D eigenvalue weighted by atomic mass is 16.1. The van der Waals surface area contributed by atoms with E-state index in [1.54, 1.807) is 6.92 Å². The van der Waals surface area contributed by atoms with Gasteiger partial charge in [-0.15, -0.1) is 0 Å². The summed E-state index contributed by atoms with van der Waals surface area (Å²) in [4.78, 5) is 11.7. The molecule has 0 spiro atoms. The minimum Gasteiger partial charge on any atom is -0.299 e. The van der Waals surface area contributed by atoms with E-state index in [-0.39, 0.29) is 11.2 Å². The first-order chi connectivity index (χ1) is 7.48. The first-order valence-electron chi connectivity index (χ1n) is 5.68. The van der Waals surface area contributed by atoms with Gasteiger partial charge < -0.3 is 0 Å². The van der Waals surface area contributed by atoms with Crippen LogP contribution in [0.1, 0.15) is 31.9 Å². The van der Waals surface area contributed by atoms with E-state index >= 15 is 0 Å². The fraction of sp³-hybridized carbons (Fsp3) is 0.400. The third-order valence-electron chi connectivity index (χ3n) is 3.03. The number of carbonyl (C=O) groups is 1. The minimum absolute atomic E-state index is 0.214. The molecule has 16 heavy (non-hydrogen) atoms. The van der Waals surface area contributed by atoms with Gasteiger partial charge in [0.1, 0.15) is 5.78 Å². The van der Waals surface area contributed by atoms with Gasteiger partial charge in [-0.05, 0) is 39.7 Å². The lowest BCUT2D eigenvalue weighted by molar-refractivity contribution is -0.123. The molecule has 1 aromatic carbocycles. The lowest BCUT2D eigenvalue weighted by Gasteiger charge is -2.22. The number of rotatable bonds is 4. The molecule has 0 saturated heterocycles. The molecule has 1 unspecified atom stereocenters. The fourth-order valence-corrected chi connectivity index (χ4v) is 1.80. The maximum Gasteiger partial charge on any atom is 0.139 e. The highest BCUT2D eigenvalue weighted by Crippen LogP contribution is 2.25. The van der Waals surface area contributed by atoms with Crippen LogP contribution >= 0.6 is 0 Å². The van der Waals surface area contributed by atoms with Gasteiger partial charge in [0.25, 0.3) is 0 Å². The highest BCUT2D eigenvalue weighted by Gasteiger charge is 2.26. The van der Waals surface area contributed by atoms with E-state index < -0.39 is 0 Å². The van der Waals surface area contributed by atoms with Crippen LogP contribution < -0.4 is 0 Å². The molecule has 0 N–H and O–H groups in total. The molecule has 1 atom stereocenters.